The molecule has 1 aromatic rings. The van der Waals surface area contributed by atoms with Gasteiger partial charge in [0, 0.05) is 12.0 Å². The van der Waals surface area contributed by atoms with Crippen LogP contribution in [0.3, 0.4) is 0 Å². The van der Waals surface area contributed by atoms with E-state index in [-0.39, 0.29) is 0 Å². The van der Waals surface area contributed by atoms with E-state index in [2.05, 4.69) is 26.0 Å². The Morgan fingerprint density at radius 1 is 1.00 bits per heavy atom. The Balaban J connectivity index is 2.54. The summed E-state index contributed by atoms with van der Waals surface area (Å²) >= 11 is 0. The van der Waals surface area contributed by atoms with Gasteiger partial charge in [-0.2, -0.15) is 0 Å². The van der Waals surface area contributed by atoms with Gasteiger partial charge in [-0.1, -0.05) is 6.07 Å². The van der Waals surface area contributed by atoms with E-state index < -0.39 is 0 Å². The number of aryl methyl sites for hydroxylation is 3. The van der Waals surface area contributed by atoms with E-state index in [4.69, 9.17) is 0 Å². The van der Waals surface area contributed by atoms with Gasteiger partial charge in [-0.05, 0) is 55.9 Å². The largest absolute Gasteiger partial charge is 0.294 e. The molecule has 0 fully saturated rings. The van der Waals surface area contributed by atoms with E-state index in [0.717, 1.165) is 31.2 Å². The zero-order valence-corrected chi connectivity index (χ0v) is 8.89. The summed E-state index contributed by atoms with van der Waals surface area (Å²) in [4.78, 5) is 11.8. The lowest BCUT2D eigenvalue weighted by Gasteiger charge is -2.08. The highest BCUT2D eigenvalue weighted by molar-refractivity contribution is 5.98. The van der Waals surface area contributed by atoms with Gasteiger partial charge in [0.1, 0.15) is 0 Å². The monoisotopic (exact) mass is 188 g/mol. The number of fused-ring (bicyclic) bond motifs is 1. The van der Waals surface area contributed by atoms with Gasteiger partial charge in [-0.25, -0.2) is 0 Å². The third kappa shape index (κ3) is 1.59. The first-order valence-electron chi connectivity index (χ1n) is 5.32. The molecule has 0 radical (unpaired) electrons. The molecule has 0 atom stereocenters. The number of carbonyl (C=O) groups is 1. The molecule has 0 saturated carbocycles. The molecular weight excluding hydrogens is 172 g/mol. The van der Waals surface area contributed by atoms with Crippen molar-refractivity contribution >= 4 is 5.78 Å². The predicted molar refractivity (Wildman–Crippen MR) is 57.8 cm³/mol. The Morgan fingerprint density at radius 2 is 1.64 bits per heavy atom. The van der Waals surface area contributed by atoms with E-state index in [9.17, 15) is 4.79 Å². The molecule has 0 bridgehead atoms. The van der Waals surface area contributed by atoms with Crippen LogP contribution in [0.25, 0.3) is 0 Å². The lowest BCUT2D eigenvalue weighted by atomic mass is 9.96. The van der Waals surface area contributed by atoms with Gasteiger partial charge in [0.2, 0.25) is 0 Å². The molecule has 0 N–H and O–H groups in total. The molecule has 1 aliphatic carbocycles. The van der Waals surface area contributed by atoms with Crippen molar-refractivity contribution in [3.8, 4) is 0 Å². The number of hydrogen-bond acceptors (Lipinski definition) is 1. The molecule has 1 aliphatic rings. The zero-order chi connectivity index (χ0) is 10.1. The van der Waals surface area contributed by atoms with Crippen molar-refractivity contribution in [3.63, 3.8) is 0 Å². The molecule has 0 amide bonds. The fraction of sp³-hybridized carbons (Fsp3) is 0.462. The smallest absolute Gasteiger partial charge is 0.163 e. The number of benzene rings is 1. The second-order valence-electron chi connectivity index (χ2n) is 4.22. The Bertz CT molecular complexity index is 377. The van der Waals surface area contributed by atoms with E-state index in [1.165, 1.54) is 16.7 Å². The van der Waals surface area contributed by atoms with Crippen LogP contribution in [0.4, 0.5) is 0 Å². The van der Waals surface area contributed by atoms with Gasteiger partial charge < -0.3 is 0 Å². The van der Waals surface area contributed by atoms with Crippen molar-refractivity contribution in [2.24, 2.45) is 0 Å². The minimum atomic E-state index is 0.334. The topological polar surface area (TPSA) is 17.1 Å². The van der Waals surface area contributed by atoms with Crippen LogP contribution in [-0.2, 0) is 6.42 Å². The Kier molecular flexibility index (Phi) is 2.40. The maximum absolute atomic E-state index is 11.8. The minimum Gasteiger partial charge on any atom is -0.294 e. The maximum Gasteiger partial charge on any atom is 0.163 e. The Morgan fingerprint density at radius 3 is 2.43 bits per heavy atom. The van der Waals surface area contributed by atoms with Gasteiger partial charge in [0.15, 0.2) is 5.78 Å². The highest BCUT2D eigenvalue weighted by Crippen LogP contribution is 2.23. The minimum absolute atomic E-state index is 0.334. The Labute approximate surface area is 85.1 Å². The van der Waals surface area contributed by atoms with Crippen LogP contribution < -0.4 is 0 Å². The van der Waals surface area contributed by atoms with Crippen LogP contribution in [0.15, 0.2) is 12.1 Å². The molecule has 1 nitrogen and oxygen atoms in total. The maximum atomic E-state index is 11.8. The van der Waals surface area contributed by atoms with Crippen LogP contribution in [-0.4, -0.2) is 5.78 Å². The van der Waals surface area contributed by atoms with Crippen LogP contribution in [0.5, 0.6) is 0 Å². The molecule has 0 unspecified atom stereocenters. The average molecular weight is 188 g/mol. The van der Waals surface area contributed by atoms with Crippen molar-refractivity contribution in [2.75, 3.05) is 0 Å². The van der Waals surface area contributed by atoms with Crippen molar-refractivity contribution < 1.29 is 4.79 Å². The van der Waals surface area contributed by atoms with Gasteiger partial charge in [-0.15, -0.1) is 0 Å². The second-order valence-corrected chi connectivity index (χ2v) is 4.22. The normalized spacial score (nSPS) is 16.3. The molecule has 0 heterocycles. The number of hydrogen-bond donors (Lipinski definition) is 0. The number of carbonyl (C=O) groups excluding carboxylic acids is 1. The van der Waals surface area contributed by atoms with E-state index >= 15 is 0 Å². The summed E-state index contributed by atoms with van der Waals surface area (Å²) in [5.41, 5.74) is 4.78. The fourth-order valence-electron chi connectivity index (χ4n) is 2.08. The van der Waals surface area contributed by atoms with E-state index in [1.54, 1.807) is 0 Å². The van der Waals surface area contributed by atoms with Gasteiger partial charge in [0.05, 0.1) is 0 Å². The summed E-state index contributed by atoms with van der Waals surface area (Å²) < 4.78 is 0. The fourth-order valence-corrected chi connectivity index (χ4v) is 2.08. The standard InChI is InChI=1S/C13H16O/c1-9-7-11-5-3-4-6-13(14)12(11)8-10(9)2/h7-8H,3-6H2,1-2H3. The molecule has 0 spiro atoms. The van der Waals surface area contributed by atoms with Gasteiger partial charge >= 0.3 is 0 Å². The predicted octanol–water partition coefficient (Wildman–Crippen LogP) is 3.21. The highest BCUT2D eigenvalue weighted by Gasteiger charge is 2.15. The first-order chi connectivity index (χ1) is 6.68. The lowest BCUT2D eigenvalue weighted by molar-refractivity contribution is 0.0982. The summed E-state index contributed by atoms with van der Waals surface area (Å²) in [6.45, 7) is 4.19. The summed E-state index contributed by atoms with van der Waals surface area (Å²) in [5, 5.41) is 0. The molecule has 74 valence electrons. The number of rotatable bonds is 0. The number of ketones is 1. The summed E-state index contributed by atoms with van der Waals surface area (Å²) in [6.07, 6.45) is 4.00. The average Bonchev–Trinajstić information content (AvgIpc) is 2.31. The Hall–Kier alpha value is -1.11. The quantitative estimate of drug-likeness (QED) is 0.571. The summed E-state index contributed by atoms with van der Waals surface area (Å²) in [5.74, 6) is 0.334. The van der Waals surface area contributed by atoms with Crippen molar-refractivity contribution in [3.05, 3.63) is 34.4 Å². The molecule has 14 heavy (non-hydrogen) atoms. The van der Waals surface area contributed by atoms with Gasteiger partial charge in [0.25, 0.3) is 0 Å². The lowest BCUT2D eigenvalue weighted by Crippen LogP contribution is -2.01. The van der Waals surface area contributed by atoms with Crippen molar-refractivity contribution in [2.45, 2.75) is 39.5 Å². The van der Waals surface area contributed by atoms with Crippen molar-refractivity contribution in [1.29, 1.82) is 0 Å². The molecule has 0 aliphatic heterocycles. The van der Waals surface area contributed by atoms with Gasteiger partial charge in [-0.3, -0.25) is 4.79 Å². The summed E-state index contributed by atoms with van der Waals surface area (Å²) in [6, 6.07) is 4.26. The molecular formula is C13H16O. The molecule has 2 rings (SSSR count). The second kappa shape index (κ2) is 3.56. The molecule has 1 heteroatoms. The van der Waals surface area contributed by atoms with Crippen molar-refractivity contribution in [1.82, 2.24) is 0 Å². The van der Waals surface area contributed by atoms with Crippen LogP contribution >= 0.6 is 0 Å². The van der Waals surface area contributed by atoms with Crippen LogP contribution in [0.1, 0.15) is 46.3 Å². The van der Waals surface area contributed by atoms with E-state index in [0.29, 0.717) is 5.78 Å². The summed E-state index contributed by atoms with van der Waals surface area (Å²) in [7, 11) is 0. The molecule has 1 aromatic carbocycles. The zero-order valence-electron chi connectivity index (χ0n) is 8.89. The highest BCUT2D eigenvalue weighted by atomic mass is 16.1. The molecule has 0 aromatic heterocycles. The van der Waals surface area contributed by atoms with E-state index in [1.807, 2.05) is 0 Å². The van der Waals surface area contributed by atoms with Crippen LogP contribution in [0.2, 0.25) is 0 Å². The third-order valence-corrected chi connectivity index (χ3v) is 3.12. The van der Waals surface area contributed by atoms with Crippen LogP contribution in [0, 0.1) is 13.8 Å². The number of Topliss-reactive ketones (excluding diaryl/α,β-unsaturated/α-hetero) is 1. The third-order valence-electron chi connectivity index (χ3n) is 3.12. The molecule has 0 saturated heterocycles. The first-order valence-corrected chi connectivity index (χ1v) is 5.32. The SMILES string of the molecule is Cc1cc2c(cc1C)C(=O)CCCC2. The first kappa shape index (κ1) is 9.45.